The standard InChI is InChI=1S/C24H26F5N5O2/c1-15(2)36-19-10-16(9-17(11-19)32-22(35)31-14-24(27,28)29)20-13-30-21-12-18(3-6-34(20)21)33-7-4-23(25,26)5-8-33/h3,6,9-13,15H,4-5,7-8,14H2,1-2H3,(H2,31,32,35). The van der Waals surface area contributed by atoms with E-state index in [1.165, 1.54) is 6.07 Å². The van der Waals surface area contributed by atoms with E-state index >= 15 is 0 Å². The van der Waals surface area contributed by atoms with Crippen LogP contribution in [0, 0.1) is 0 Å². The Bertz CT molecular complexity index is 1230. The Morgan fingerprint density at radius 1 is 1.17 bits per heavy atom. The number of anilines is 2. The van der Waals surface area contributed by atoms with Crippen molar-refractivity contribution >= 4 is 23.1 Å². The summed E-state index contributed by atoms with van der Waals surface area (Å²) in [5.41, 5.74) is 2.87. The molecule has 0 bridgehead atoms. The highest BCUT2D eigenvalue weighted by Gasteiger charge is 2.34. The van der Waals surface area contributed by atoms with Gasteiger partial charge in [0.05, 0.1) is 18.0 Å². The van der Waals surface area contributed by atoms with Crippen LogP contribution in [0.4, 0.5) is 38.1 Å². The monoisotopic (exact) mass is 511 g/mol. The van der Waals surface area contributed by atoms with E-state index < -0.39 is 24.7 Å². The summed E-state index contributed by atoms with van der Waals surface area (Å²) in [5, 5.41) is 4.18. The molecule has 0 saturated carbocycles. The minimum Gasteiger partial charge on any atom is -0.491 e. The van der Waals surface area contributed by atoms with Crippen molar-refractivity contribution in [3.8, 4) is 17.0 Å². The Morgan fingerprint density at radius 2 is 1.89 bits per heavy atom. The largest absolute Gasteiger partial charge is 0.491 e. The number of nitrogens with one attached hydrogen (secondary N) is 2. The lowest BCUT2D eigenvalue weighted by atomic mass is 10.1. The number of nitrogens with zero attached hydrogens (tertiary/aromatic N) is 3. The third-order valence-corrected chi connectivity index (χ3v) is 5.64. The van der Waals surface area contributed by atoms with Crippen molar-refractivity contribution in [1.82, 2.24) is 14.7 Å². The molecule has 0 radical (unpaired) electrons. The quantitative estimate of drug-likeness (QED) is 0.416. The fourth-order valence-electron chi connectivity index (χ4n) is 3.99. The van der Waals surface area contributed by atoms with Gasteiger partial charge in [-0.15, -0.1) is 0 Å². The maximum atomic E-state index is 13.5. The Morgan fingerprint density at radius 3 is 2.56 bits per heavy atom. The van der Waals surface area contributed by atoms with Crippen LogP contribution in [0.5, 0.6) is 5.75 Å². The van der Waals surface area contributed by atoms with Crippen molar-refractivity contribution < 1.29 is 31.5 Å². The molecule has 3 heterocycles. The third kappa shape index (κ3) is 6.35. The molecule has 1 saturated heterocycles. The number of piperidine rings is 1. The van der Waals surface area contributed by atoms with E-state index in [1.54, 1.807) is 34.2 Å². The molecule has 0 atom stereocenters. The number of halogens is 5. The first kappa shape index (κ1) is 25.5. The second-order valence-electron chi connectivity index (χ2n) is 8.94. The van der Waals surface area contributed by atoms with E-state index in [-0.39, 0.29) is 37.7 Å². The number of rotatable bonds is 6. The van der Waals surface area contributed by atoms with Crippen molar-refractivity contribution in [2.75, 3.05) is 29.9 Å². The summed E-state index contributed by atoms with van der Waals surface area (Å²) in [5.74, 6) is -2.23. The maximum Gasteiger partial charge on any atom is 0.405 e. The zero-order valence-electron chi connectivity index (χ0n) is 19.7. The molecule has 7 nitrogen and oxygen atoms in total. The lowest BCUT2D eigenvalue weighted by Crippen LogP contribution is -2.39. The van der Waals surface area contributed by atoms with Gasteiger partial charge in [0.2, 0.25) is 0 Å². The first-order chi connectivity index (χ1) is 16.9. The number of amides is 2. The van der Waals surface area contributed by atoms with E-state index in [2.05, 4.69) is 10.3 Å². The highest BCUT2D eigenvalue weighted by atomic mass is 19.4. The number of benzene rings is 1. The van der Waals surface area contributed by atoms with Crippen LogP contribution in [0.1, 0.15) is 26.7 Å². The number of hydrogen-bond donors (Lipinski definition) is 2. The summed E-state index contributed by atoms with van der Waals surface area (Å²) in [6, 6.07) is 7.48. The molecule has 1 aliphatic heterocycles. The van der Waals surface area contributed by atoms with Crippen LogP contribution in [0.3, 0.4) is 0 Å². The topological polar surface area (TPSA) is 70.9 Å². The van der Waals surface area contributed by atoms with E-state index in [0.29, 0.717) is 22.7 Å². The fraction of sp³-hybridized carbons (Fsp3) is 0.417. The normalized spacial score (nSPS) is 15.8. The molecule has 1 aromatic carbocycles. The molecular weight excluding hydrogens is 485 g/mol. The number of imidazole rings is 1. The Balaban J connectivity index is 1.61. The van der Waals surface area contributed by atoms with Gasteiger partial charge < -0.3 is 20.3 Å². The van der Waals surface area contributed by atoms with Crippen molar-refractivity contribution in [3.63, 3.8) is 0 Å². The number of fused-ring (bicyclic) bond motifs is 1. The van der Waals surface area contributed by atoms with Crippen molar-refractivity contribution in [2.45, 2.75) is 44.9 Å². The molecule has 36 heavy (non-hydrogen) atoms. The number of ether oxygens (including phenoxy) is 1. The molecule has 2 aromatic heterocycles. The van der Waals surface area contributed by atoms with Crippen LogP contribution in [0.2, 0.25) is 0 Å². The lowest BCUT2D eigenvalue weighted by molar-refractivity contribution is -0.122. The van der Waals surface area contributed by atoms with Crippen LogP contribution < -0.4 is 20.3 Å². The van der Waals surface area contributed by atoms with E-state index in [9.17, 15) is 26.7 Å². The lowest BCUT2D eigenvalue weighted by Gasteiger charge is -2.33. The predicted octanol–water partition coefficient (Wildman–Crippen LogP) is 5.71. The predicted molar refractivity (Wildman–Crippen MR) is 126 cm³/mol. The molecule has 1 aliphatic rings. The molecule has 2 amide bonds. The van der Waals surface area contributed by atoms with Crippen LogP contribution in [-0.2, 0) is 0 Å². The average molecular weight is 511 g/mol. The number of urea groups is 1. The smallest absolute Gasteiger partial charge is 0.405 e. The zero-order chi connectivity index (χ0) is 26.1. The molecule has 0 spiro atoms. The highest BCUT2D eigenvalue weighted by Crippen LogP contribution is 2.33. The van der Waals surface area contributed by atoms with Crippen LogP contribution in [0.25, 0.3) is 16.9 Å². The second kappa shape index (κ2) is 9.82. The van der Waals surface area contributed by atoms with E-state index in [4.69, 9.17) is 4.74 Å². The number of alkyl halides is 5. The highest BCUT2D eigenvalue weighted by molar-refractivity contribution is 5.90. The van der Waals surface area contributed by atoms with Crippen LogP contribution in [0.15, 0.2) is 42.7 Å². The SMILES string of the molecule is CC(C)Oc1cc(NC(=O)NCC(F)(F)F)cc(-c2cnc3cc(N4CCC(F)(F)CC4)ccn23)c1. The van der Waals surface area contributed by atoms with Gasteiger partial charge in [0, 0.05) is 61.2 Å². The van der Waals surface area contributed by atoms with Crippen LogP contribution >= 0.6 is 0 Å². The summed E-state index contributed by atoms with van der Waals surface area (Å²) in [7, 11) is 0. The number of aromatic nitrogens is 2. The molecule has 0 unspecified atom stereocenters. The Labute approximate surface area is 204 Å². The minimum atomic E-state index is -4.53. The molecule has 0 aliphatic carbocycles. The fourth-order valence-corrected chi connectivity index (χ4v) is 3.99. The van der Waals surface area contributed by atoms with Gasteiger partial charge in [-0.3, -0.25) is 4.40 Å². The maximum absolute atomic E-state index is 13.5. The zero-order valence-corrected chi connectivity index (χ0v) is 19.7. The number of pyridine rings is 1. The van der Waals surface area contributed by atoms with Gasteiger partial charge in [-0.25, -0.2) is 18.6 Å². The summed E-state index contributed by atoms with van der Waals surface area (Å²) in [6.07, 6.45) is -1.73. The first-order valence-electron chi connectivity index (χ1n) is 11.4. The van der Waals surface area contributed by atoms with E-state index in [0.717, 1.165) is 5.69 Å². The molecule has 4 rings (SSSR count). The molecule has 1 fully saturated rings. The Kier molecular flexibility index (Phi) is 6.96. The van der Waals surface area contributed by atoms with Gasteiger partial charge in [0.1, 0.15) is 17.9 Å². The molecule has 2 N–H and O–H groups in total. The van der Waals surface area contributed by atoms with Crippen molar-refractivity contribution in [1.29, 1.82) is 0 Å². The van der Waals surface area contributed by atoms with Gasteiger partial charge in [-0.1, -0.05) is 0 Å². The number of carbonyl (C=O) groups is 1. The Hall–Kier alpha value is -3.57. The van der Waals surface area contributed by atoms with Crippen LogP contribution in [-0.4, -0.2) is 53.3 Å². The molecule has 3 aromatic rings. The van der Waals surface area contributed by atoms with Gasteiger partial charge in [0.25, 0.3) is 5.92 Å². The van der Waals surface area contributed by atoms with Crippen molar-refractivity contribution in [2.24, 2.45) is 0 Å². The van der Waals surface area contributed by atoms with Gasteiger partial charge in [0.15, 0.2) is 0 Å². The first-order valence-corrected chi connectivity index (χ1v) is 11.4. The molecule has 194 valence electrons. The summed E-state index contributed by atoms with van der Waals surface area (Å²) in [4.78, 5) is 18.3. The molecular formula is C24H26F5N5O2. The minimum absolute atomic E-state index is 0.186. The second-order valence-corrected chi connectivity index (χ2v) is 8.94. The summed E-state index contributed by atoms with van der Waals surface area (Å²) >= 11 is 0. The summed E-state index contributed by atoms with van der Waals surface area (Å²) < 4.78 is 71.9. The van der Waals surface area contributed by atoms with Gasteiger partial charge in [-0.05, 0) is 32.0 Å². The number of carbonyl (C=O) groups excluding carboxylic acids is 1. The van der Waals surface area contributed by atoms with E-state index in [1.807, 2.05) is 30.9 Å². The van der Waals surface area contributed by atoms with Crippen molar-refractivity contribution in [3.05, 3.63) is 42.7 Å². The van der Waals surface area contributed by atoms with Gasteiger partial charge in [-0.2, -0.15) is 13.2 Å². The summed E-state index contributed by atoms with van der Waals surface area (Å²) in [6.45, 7) is 2.68. The number of hydrogen-bond acceptors (Lipinski definition) is 4. The molecule has 12 heteroatoms. The third-order valence-electron chi connectivity index (χ3n) is 5.64. The van der Waals surface area contributed by atoms with Gasteiger partial charge >= 0.3 is 12.2 Å². The average Bonchev–Trinajstić information content (AvgIpc) is 3.20.